The van der Waals surface area contributed by atoms with Crippen LogP contribution in [0.4, 0.5) is 16.0 Å². The average molecular weight is 1040 g/mol. The van der Waals surface area contributed by atoms with Crippen molar-refractivity contribution in [2.24, 2.45) is 25.2 Å². The molecule has 0 bridgehead atoms. The van der Waals surface area contributed by atoms with Crippen LogP contribution in [0.2, 0.25) is 10.0 Å². The number of nitroso groups, excluding NO2 is 1. The summed E-state index contributed by atoms with van der Waals surface area (Å²) in [7, 11) is 3.29. The summed E-state index contributed by atoms with van der Waals surface area (Å²) in [6.45, 7) is 1.07. The second-order valence-corrected chi connectivity index (χ2v) is 21.9. The van der Waals surface area contributed by atoms with Crippen molar-refractivity contribution < 1.29 is 32.9 Å². The molecule has 11 rings (SSSR count). The standard InChI is InChI=1S/C53H57Cl2FN10O7/c1-62-34(27-57-50(62)61-73)28-65-42(67)18-17-40(48(65)70)66-39-16-11-31(25-41(39)63(2)51(66)72)29-19-23-64(24-20-29)47(69)30-9-13-33(14-10-30)58-46(68)45-43(35-7-6-8-37(55)44(35)56)53(52(60-45)21-4-3-5-22-52)36-15-12-32(54)26-38(36)59-49(53)71/h6-8,11-12,15-16,25-27,29-30,33,40,43,45,60H,3-5,9-10,13-14,17-24,28H2,1-2H3,(H2,58,59,68,71)/p+1/t30?,33?,40?,43-,45+,53+/m0/s1. The van der Waals surface area contributed by atoms with E-state index in [0.29, 0.717) is 84.6 Å². The highest BCUT2D eigenvalue weighted by atomic mass is 35.5. The third-order valence-corrected chi connectivity index (χ3v) is 18.0. The van der Waals surface area contributed by atoms with E-state index < -0.39 is 40.7 Å². The van der Waals surface area contributed by atoms with E-state index in [0.717, 1.165) is 42.6 Å². The number of fused-ring (bicyclic) bond motifs is 4. The molecule has 4 N–H and O–H groups in total. The molecule has 20 heteroatoms. The first-order valence-corrected chi connectivity index (χ1v) is 26.3. The number of rotatable bonds is 9. The van der Waals surface area contributed by atoms with Gasteiger partial charge in [0.25, 0.3) is 5.91 Å². The van der Waals surface area contributed by atoms with E-state index in [9.17, 15) is 33.7 Å². The molecule has 5 fully saturated rings. The van der Waals surface area contributed by atoms with Crippen LogP contribution < -0.4 is 26.2 Å². The van der Waals surface area contributed by atoms with Crippen LogP contribution in [-0.4, -0.2) is 84.2 Å². The van der Waals surface area contributed by atoms with Gasteiger partial charge in [-0.15, -0.1) is 0 Å². The number of hydrogen-bond acceptors (Lipinski definition) is 9. The fourth-order valence-corrected chi connectivity index (χ4v) is 14.1. The Morgan fingerprint density at radius 3 is 2.40 bits per heavy atom. The van der Waals surface area contributed by atoms with Crippen LogP contribution in [-0.2, 0) is 50.0 Å². The molecule has 5 aromatic rings. The van der Waals surface area contributed by atoms with Gasteiger partial charge in [-0.25, -0.2) is 18.7 Å². The van der Waals surface area contributed by atoms with Gasteiger partial charge in [-0.3, -0.25) is 43.3 Å². The third-order valence-electron chi connectivity index (χ3n) is 17.4. The highest BCUT2D eigenvalue weighted by molar-refractivity contribution is 6.31. The highest BCUT2D eigenvalue weighted by Crippen LogP contribution is 2.63. The summed E-state index contributed by atoms with van der Waals surface area (Å²) >= 11 is 12.9. The molecule has 6 aliphatic rings. The molecule has 2 aromatic heterocycles. The number of carbonyl (C=O) groups is 5. The lowest BCUT2D eigenvalue weighted by molar-refractivity contribution is -0.665. The average Bonchev–Trinajstić information content (AvgIpc) is 4.10. The number of benzene rings is 3. The summed E-state index contributed by atoms with van der Waals surface area (Å²) in [5, 5.41) is 13.4. The van der Waals surface area contributed by atoms with Crippen LogP contribution in [0.5, 0.6) is 0 Å². The van der Waals surface area contributed by atoms with Crippen molar-refractivity contribution in [2.75, 3.05) is 18.4 Å². The SMILES string of the molecule is Cn1c(=O)n(C2CCC(=O)N(Cc3c[nH]c(N=O)[n+]3C)C2=O)c2ccc(C3CCN(C(=O)C4CCC(NC(=O)[C@@H]5NC6(CCCCC6)[C@@]6(C(=O)Nc7cc(Cl)ccc76)[C@H]5c5cccc(Cl)c5F)CC4)CC3)cc21. The number of nitrogens with one attached hydrogen (secondary N) is 4. The van der Waals surface area contributed by atoms with Crippen LogP contribution in [0.1, 0.15) is 124 Å². The largest absolute Gasteiger partial charge is 0.440 e. The minimum atomic E-state index is -1.33. The molecule has 17 nitrogen and oxygen atoms in total. The van der Waals surface area contributed by atoms with Gasteiger partial charge in [0.1, 0.15) is 23.0 Å². The molecule has 6 heterocycles. The number of nitrogens with zero attached hydrogens (tertiary/aromatic N) is 6. The Bertz CT molecular complexity index is 3170. The van der Waals surface area contributed by atoms with Crippen molar-refractivity contribution in [3.05, 3.63) is 114 Å². The summed E-state index contributed by atoms with van der Waals surface area (Å²) in [6, 6.07) is 13.8. The van der Waals surface area contributed by atoms with Crippen molar-refractivity contribution in [3.63, 3.8) is 0 Å². The molecular weight excluding hydrogens is 979 g/mol. The number of imide groups is 1. The van der Waals surface area contributed by atoms with E-state index in [4.69, 9.17) is 23.2 Å². The number of aryl methyl sites for hydroxylation is 1. The van der Waals surface area contributed by atoms with Crippen molar-refractivity contribution in [1.82, 2.24) is 34.6 Å². The molecular formula is C53H58Cl2FN10O7+. The summed E-state index contributed by atoms with van der Waals surface area (Å²) in [6.07, 6.45) is 9.50. The summed E-state index contributed by atoms with van der Waals surface area (Å²) in [5.74, 6) is -2.94. The first kappa shape index (κ1) is 49.0. The third kappa shape index (κ3) is 7.92. The number of anilines is 1. The molecule has 4 aliphatic heterocycles. The molecule has 73 heavy (non-hydrogen) atoms. The molecule has 3 aromatic carbocycles. The zero-order chi connectivity index (χ0) is 51.1. The fourth-order valence-electron chi connectivity index (χ4n) is 13.7. The Kier molecular flexibility index (Phi) is 12.7. The van der Waals surface area contributed by atoms with Gasteiger partial charge in [0.15, 0.2) is 5.18 Å². The van der Waals surface area contributed by atoms with Crippen LogP contribution in [0.15, 0.2) is 70.8 Å². The Hall–Kier alpha value is -6.24. The molecule has 2 saturated carbocycles. The Labute approximate surface area is 430 Å². The lowest BCUT2D eigenvalue weighted by Gasteiger charge is -2.47. The number of piperidine rings is 2. The maximum atomic E-state index is 16.4. The lowest BCUT2D eigenvalue weighted by atomic mass is 9.55. The van der Waals surface area contributed by atoms with Crippen molar-refractivity contribution >= 4 is 75.4 Å². The first-order valence-electron chi connectivity index (χ1n) is 25.5. The van der Waals surface area contributed by atoms with E-state index in [1.54, 1.807) is 38.4 Å². The van der Waals surface area contributed by atoms with Gasteiger partial charge in [-0.05, 0) is 111 Å². The van der Waals surface area contributed by atoms with E-state index in [1.165, 1.54) is 26.0 Å². The van der Waals surface area contributed by atoms with Gasteiger partial charge in [0.05, 0.1) is 41.9 Å². The molecule has 382 valence electrons. The lowest BCUT2D eigenvalue weighted by Crippen LogP contribution is -2.60. The maximum absolute atomic E-state index is 16.4. The number of hydrogen-bond donors (Lipinski definition) is 4. The minimum Gasteiger partial charge on any atom is -0.352 e. The fraction of sp³-hybridized carbons (Fsp3) is 0.491. The second kappa shape index (κ2) is 18.9. The van der Waals surface area contributed by atoms with Gasteiger partial charge < -0.3 is 15.5 Å². The number of imidazole rings is 2. The zero-order valence-corrected chi connectivity index (χ0v) is 42.2. The highest BCUT2D eigenvalue weighted by Gasteiger charge is 2.72. The van der Waals surface area contributed by atoms with E-state index >= 15 is 4.39 Å². The molecule has 0 radical (unpaired) electrons. The van der Waals surface area contributed by atoms with E-state index in [-0.39, 0.29) is 83.1 Å². The number of aromatic nitrogens is 4. The monoisotopic (exact) mass is 1040 g/mol. The van der Waals surface area contributed by atoms with E-state index in [1.807, 2.05) is 29.2 Å². The number of likely N-dealkylation sites (tertiary alicyclic amines) is 2. The molecule has 5 amide bonds. The zero-order valence-electron chi connectivity index (χ0n) is 40.7. The summed E-state index contributed by atoms with van der Waals surface area (Å²) in [4.78, 5) is 101. The van der Waals surface area contributed by atoms with Crippen molar-refractivity contribution in [1.29, 1.82) is 0 Å². The smallest absolute Gasteiger partial charge is 0.352 e. The van der Waals surface area contributed by atoms with Crippen LogP contribution in [0, 0.1) is 16.6 Å². The van der Waals surface area contributed by atoms with Crippen LogP contribution in [0.25, 0.3) is 11.0 Å². The Morgan fingerprint density at radius 2 is 1.67 bits per heavy atom. The predicted molar refractivity (Wildman–Crippen MR) is 270 cm³/mol. The molecule has 2 aliphatic carbocycles. The molecule has 2 spiro atoms. The van der Waals surface area contributed by atoms with Gasteiger partial charge in [0.2, 0.25) is 23.6 Å². The number of carbonyl (C=O) groups excluding carboxylic acids is 5. The maximum Gasteiger partial charge on any atom is 0.440 e. The number of aromatic amines is 1. The topological polar surface area (TPSA) is 204 Å². The summed E-state index contributed by atoms with van der Waals surface area (Å²) in [5.41, 5.74) is 1.73. The molecule has 4 atom stereocenters. The van der Waals surface area contributed by atoms with Gasteiger partial charge in [-0.1, -0.05) is 71.6 Å². The number of H-pyrrole nitrogens is 1. The summed E-state index contributed by atoms with van der Waals surface area (Å²) < 4.78 is 20.9. The van der Waals surface area contributed by atoms with Gasteiger partial charge in [0, 0.05) is 60.7 Å². The Morgan fingerprint density at radius 1 is 0.918 bits per heavy atom. The second-order valence-electron chi connectivity index (χ2n) is 21.1. The number of halogens is 3. The first-order chi connectivity index (χ1) is 35.1. The molecule has 1 unspecified atom stereocenters. The quantitative estimate of drug-likeness (QED) is 0.0689. The predicted octanol–water partition coefficient (Wildman–Crippen LogP) is 6.96. The van der Waals surface area contributed by atoms with Crippen LogP contribution in [0.3, 0.4) is 0 Å². The van der Waals surface area contributed by atoms with Crippen molar-refractivity contribution in [3.8, 4) is 0 Å². The Balaban J connectivity index is 0.745. The normalized spacial score (nSPS) is 26.2. The minimum absolute atomic E-state index is 0.0519. The van der Waals surface area contributed by atoms with Gasteiger partial charge in [-0.2, -0.15) is 0 Å². The van der Waals surface area contributed by atoms with Crippen molar-refractivity contribution in [2.45, 2.75) is 131 Å². The van der Waals surface area contributed by atoms with Gasteiger partial charge >= 0.3 is 11.6 Å². The van der Waals surface area contributed by atoms with Crippen LogP contribution >= 0.6 is 23.2 Å². The number of amides is 5. The van der Waals surface area contributed by atoms with E-state index in [2.05, 4.69) is 26.1 Å². The molecule has 3 saturated heterocycles.